The minimum absolute atomic E-state index is 0.195. The topological polar surface area (TPSA) is 74.4 Å². The molecule has 2 heterocycles. The fourth-order valence-electron chi connectivity index (χ4n) is 1.03. The Bertz CT molecular complexity index is 515. The van der Waals surface area contributed by atoms with E-state index >= 15 is 0 Å². The molecule has 0 amide bonds. The first-order chi connectivity index (χ1) is 6.81. The molecular weight excluding hydrogens is 200 g/mol. The lowest BCUT2D eigenvalue weighted by atomic mass is 10.6. The number of nitrogens with zero attached hydrogens (tertiary/aromatic N) is 2. The zero-order chi connectivity index (χ0) is 9.97. The molecule has 0 spiro atoms. The molecule has 2 N–H and O–H groups in total. The Balaban J connectivity index is 2.47. The Morgan fingerprint density at radius 2 is 2.50 bits per heavy atom. The van der Waals surface area contributed by atoms with E-state index < -0.39 is 0 Å². The zero-order valence-corrected chi connectivity index (χ0v) is 8.10. The predicted octanol–water partition coefficient (Wildman–Crippen LogP) is 0.924. The van der Waals surface area contributed by atoms with Gasteiger partial charge >= 0.3 is 0 Å². The molecule has 72 valence electrons. The van der Waals surface area contributed by atoms with Gasteiger partial charge in [-0.1, -0.05) is 17.8 Å². The minimum atomic E-state index is -0.195. The average Bonchev–Trinajstić information content (AvgIpc) is 2.63. The highest BCUT2D eigenvalue weighted by Gasteiger charge is 2.04. The van der Waals surface area contributed by atoms with Gasteiger partial charge in [0, 0.05) is 5.75 Å². The number of nitrogens with one attached hydrogen (secondary N) is 2. The molecule has 0 unspecified atom stereocenters. The predicted molar refractivity (Wildman–Crippen MR) is 55.4 cm³/mol. The van der Waals surface area contributed by atoms with Crippen LogP contribution in [0.15, 0.2) is 28.9 Å². The second-order valence-electron chi connectivity index (χ2n) is 2.57. The van der Waals surface area contributed by atoms with Crippen LogP contribution in [0.25, 0.3) is 11.2 Å². The number of fused-ring (bicyclic) bond motifs is 1. The van der Waals surface area contributed by atoms with E-state index in [1.165, 1.54) is 18.1 Å². The van der Waals surface area contributed by atoms with Gasteiger partial charge in [-0.15, -0.1) is 6.58 Å². The molecule has 0 fully saturated rings. The summed E-state index contributed by atoms with van der Waals surface area (Å²) in [7, 11) is 0. The molecule has 0 aromatic carbocycles. The van der Waals surface area contributed by atoms with Crippen LogP contribution in [0.3, 0.4) is 0 Å². The van der Waals surface area contributed by atoms with Gasteiger partial charge in [-0.3, -0.25) is 9.78 Å². The smallest absolute Gasteiger partial charge is 0.277 e. The van der Waals surface area contributed by atoms with Crippen molar-refractivity contribution in [3.8, 4) is 0 Å². The first-order valence-corrected chi connectivity index (χ1v) is 4.97. The number of aromatic nitrogens is 4. The first-order valence-electron chi connectivity index (χ1n) is 3.98. The number of aromatic amines is 2. The zero-order valence-electron chi connectivity index (χ0n) is 7.28. The quantitative estimate of drug-likeness (QED) is 0.447. The molecule has 2 rings (SSSR count). The van der Waals surface area contributed by atoms with Crippen molar-refractivity contribution < 1.29 is 0 Å². The fraction of sp³-hybridized carbons (Fsp3) is 0.125. The standard InChI is InChI=1S/C8H8N4OS/c1-2-3-14-8-11-6-5(7(13)12-8)9-4-10-6/h2,4H,1,3H2,(H2,9,10,11,12,13). The van der Waals surface area contributed by atoms with Crippen LogP contribution in [0.5, 0.6) is 0 Å². The first kappa shape index (κ1) is 9.01. The molecule has 0 saturated heterocycles. The van der Waals surface area contributed by atoms with E-state index in [-0.39, 0.29) is 5.56 Å². The summed E-state index contributed by atoms with van der Waals surface area (Å²) < 4.78 is 0. The summed E-state index contributed by atoms with van der Waals surface area (Å²) in [5.74, 6) is 0.707. The molecule has 0 aliphatic carbocycles. The largest absolute Gasteiger partial charge is 0.339 e. The van der Waals surface area contributed by atoms with Crippen LogP contribution in [0, 0.1) is 0 Å². The SMILES string of the molecule is C=CCSc1nc2nc[nH]c2c(=O)[nH]1. The maximum atomic E-state index is 11.4. The van der Waals surface area contributed by atoms with E-state index in [1.54, 1.807) is 6.08 Å². The van der Waals surface area contributed by atoms with Crippen molar-refractivity contribution in [2.24, 2.45) is 0 Å². The summed E-state index contributed by atoms with van der Waals surface area (Å²) >= 11 is 1.41. The number of imidazole rings is 1. The Hall–Kier alpha value is -1.56. The number of hydrogen-bond donors (Lipinski definition) is 2. The van der Waals surface area contributed by atoms with Crippen molar-refractivity contribution in [2.75, 3.05) is 5.75 Å². The molecule has 6 heteroatoms. The van der Waals surface area contributed by atoms with Crippen LogP contribution in [-0.2, 0) is 0 Å². The second-order valence-corrected chi connectivity index (χ2v) is 3.58. The highest BCUT2D eigenvalue weighted by atomic mass is 32.2. The van der Waals surface area contributed by atoms with Crippen LogP contribution in [0.1, 0.15) is 0 Å². The van der Waals surface area contributed by atoms with Crippen LogP contribution in [-0.4, -0.2) is 25.7 Å². The van der Waals surface area contributed by atoms with Gasteiger partial charge in [0.25, 0.3) is 5.56 Å². The molecule has 14 heavy (non-hydrogen) atoms. The van der Waals surface area contributed by atoms with Crippen molar-refractivity contribution >= 4 is 22.9 Å². The van der Waals surface area contributed by atoms with Gasteiger partial charge in [0.15, 0.2) is 16.3 Å². The molecule has 2 aromatic rings. The molecule has 2 aromatic heterocycles. The van der Waals surface area contributed by atoms with Gasteiger partial charge in [0.1, 0.15) is 0 Å². The molecule has 0 bridgehead atoms. The Morgan fingerprint density at radius 1 is 1.64 bits per heavy atom. The lowest BCUT2D eigenvalue weighted by Gasteiger charge is -1.95. The number of H-pyrrole nitrogens is 2. The Labute approximate surface area is 83.7 Å². The van der Waals surface area contributed by atoms with Crippen molar-refractivity contribution in [1.82, 2.24) is 19.9 Å². The highest BCUT2D eigenvalue weighted by Crippen LogP contribution is 2.12. The van der Waals surface area contributed by atoms with Crippen LogP contribution in [0.2, 0.25) is 0 Å². The minimum Gasteiger partial charge on any atom is -0.339 e. The average molecular weight is 208 g/mol. The van der Waals surface area contributed by atoms with Crippen molar-refractivity contribution in [3.05, 3.63) is 29.3 Å². The van der Waals surface area contributed by atoms with Crippen LogP contribution >= 0.6 is 11.8 Å². The summed E-state index contributed by atoms with van der Waals surface area (Å²) in [6, 6.07) is 0. The highest BCUT2D eigenvalue weighted by molar-refractivity contribution is 7.99. The van der Waals surface area contributed by atoms with Crippen LogP contribution in [0.4, 0.5) is 0 Å². The maximum absolute atomic E-state index is 11.4. The third-order valence-electron chi connectivity index (χ3n) is 1.61. The van der Waals surface area contributed by atoms with E-state index in [2.05, 4.69) is 26.5 Å². The third kappa shape index (κ3) is 1.56. The van der Waals surface area contributed by atoms with Gasteiger partial charge in [0.05, 0.1) is 6.33 Å². The second kappa shape index (κ2) is 3.67. The van der Waals surface area contributed by atoms with Gasteiger partial charge in [-0.2, -0.15) is 0 Å². The molecule has 0 aliphatic heterocycles. The van der Waals surface area contributed by atoms with Crippen LogP contribution < -0.4 is 5.56 Å². The van der Waals surface area contributed by atoms with E-state index in [0.29, 0.717) is 22.1 Å². The summed E-state index contributed by atoms with van der Waals surface area (Å²) in [6.45, 7) is 3.59. The van der Waals surface area contributed by atoms with E-state index in [4.69, 9.17) is 0 Å². The summed E-state index contributed by atoms with van der Waals surface area (Å²) in [5, 5.41) is 0.564. The van der Waals surface area contributed by atoms with E-state index in [0.717, 1.165) is 0 Å². The van der Waals surface area contributed by atoms with Crippen molar-refractivity contribution in [3.63, 3.8) is 0 Å². The summed E-state index contributed by atoms with van der Waals surface area (Å²) in [4.78, 5) is 24.9. The van der Waals surface area contributed by atoms with E-state index in [9.17, 15) is 4.79 Å². The lowest BCUT2D eigenvalue weighted by molar-refractivity contribution is 0.967. The Kier molecular flexibility index (Phi) is 2.36. The summed E-state index contributed by atoms with van der Waals surface area (Å²) in [6.07, 6.45) is 3.20. The molecule has 0 radical (unpaired) electrons. The van der Waals surface area contributed by atoms with Crippen molar-refractivity contribution in [2.45, 2.75) is 5.16 Å². The normalized spacial score (nSPS) is 10.6. The molecule has 0 atom stereocenters. The van der Waals surface area contributed by atoms with Gasteiger partial charge in [0.2, 0.25) is 0 Å². The third-order valence-corrected chi connectivity index (χ3v) is 2.48. The van der Waals surface area contributed by atoms with Gasteiger partial charge < -0.3 is 4.98 Å². The maximum Gasteiger partial charge on any atom is 0.277 e. The number of hydrogen-bond acceptors (Lipinski definition) is 4. The molecule has 0 saturated carbocycles. The summed E-state index contributed by atoms with van der Waals surface area (Å²) in [5.41, 5.74) is 0.660. The van der Waals surface area contributed by atoms with Gasteiger partial charge in [-0.05, 0) is 0 Å². The number of thioether (sulfide) groups is 1. The van der Waals surface area contributed by atoms with Gasteiger partial charge in [-0.25, -0.2) is 9.97 Å². The number of rotatable bonds is 3. The van der Waals surface area contributed by atoms with Crippen molar-refractivity contribution in [1.29, 1.82) is 0 Å². The fourth-order valence-corrected chi connectivity index (χ4v) is 1.62. The molecule has 5 nitrogen and oxygen atoms in total. The lowest BCUT2D eigenvalue weighted by Crippen LogP contribution is -2.09. The molecule has 0 aliphatic rings. The van der Waals surface area contributed by atoms with E-state index in [1.807, 2.05) is 0 Å². The molecular formula is C8H8N4OS. The Morgan fingerprint density at radius 3 is 3.29 bits per heavy atom. The monoisotopic (exact) mass is 208 g/mol.